The maximum atomic E-state index is 12.9. The van der Waals surface area contributed by atoms with Crippen molar-refractivity contribution in [1.29, 1.82) is 5.26 Å². The third-order valence-electron chi connectivity index (χ3n) is 5.29. The van der Waals surface area contributed by atoms with E-state index in [1.54, 1.807) is 36.1 Å². The predicted octanol–water partition coefficient (Wildman–Crippen LogP) is 0.897. The second-order valence-electron chi connectivity index (χ2n) is 7.14. The van der Waals surface area contributed by atoms with E-state index < -0.39 is 0 Å². The highest BCUT2D eigenvalue weighted by Crippen LogP contribution is 2.24. The molecular weight excluding hydrogens is 372 g/mol. The predicted molar refractivity (Wildman–Crippen MR) is 107 cm³/mol. The van der Waals surface area contributed by atoms with Crippen molar-refractivity contribution in [3.8, 4) is 11.9 Å². The number of methoxy groups -OCH3 is 1. The Morgan fingerprint density at radius 3 is 2.90 bits per heavy atom. The minimum atomic E-state index is -0.178. The lowest BCUT2D eigenvalue weighted by Crippen LogP contribution is -2.27. The first-order valence-corrected chi connectivity index (χ1v) is 9.26. The number of rotatable bonds is 4. The first kappa shape index (κ1) is 18.7. The quantitative estimate of drug-likeness (QED) is 0.649. The number of fused-ring (bicyclic) bond motifs is 1. The van der Waals surface area contributed by atoms with Crippen molar-refractivity contribution in [3.05, 3.63) is 56.9 Å². The molecule has 1 fully saturated rings. The average molecular weight is 392 g/mol. The fourth-order valence-electron chi connectivity index (χ4n) is 3.70. The molecule has 0 aromatic carbocycles. The van der Waals surface area contributed by atoms with Crippen LogP contribution in [-0.2, 0) is 13.6 Å². The number of nitrogens with zero attached hydrogens (tertiary/aromatic N) is 6. The molecule has 4 heterocycles. The molecule has 0 amide bonds. The zero-order chi connectivity index (χ0) is 20.5. The molecule has 3 aromatic rings. The molecule has 9 nitrogen and oxygen atoms in total. The van der Waals surface area contributed by atoms with Crippen LogP contribution >= 0.6 is 0 Å². The SMILES string of the molecule is COc1nc2ccn(CC3CCN(c4cnn(C)c(=O)c4)C3)c(=O)c2cc1C#N. The van der Waals surface area contributed by atoms with E-state index in [0.717, 1.165) is 25.2 Å². The van der Waals surface area contributed by atoms with Crippen LogP contribution in [0.2, 0.25) is 0 Å². The summed E-state index contributed by atoms with van der Waals surface area (Å²) in [6, 6.07) is 6.89. The first-order chi connectivity index (χ1) is 14.0. The maximum Gasteiger partial charge on any atom is 0.268 e. The van der Waals surface area contributed by atoms with Crippen LogP contribution in [0.25, 0.3) is 10.9 Å². The summed E-state index contributed by atoms with van der Waals surface area (Å²) in [6.45, 7) is 2.10. The zero-order valence-electron chi connectivity index (χ0n) is 16.2. The number of hydrogen-bond acceptors (Lipinski definition) is 7. The van der Waals surface area contributed by atoms with E-state index in [1.165, 1.54) is 17.9 Å². The smallest absolute Gasteiger partial charge is 0.268 e. The monoisotopic (exact) mass is 392 g/mol. The van der Waals surface area contributed by atoms with E-state index >= 15 is 0 Å². The summed E-state index contributed by atoms with van der Waals surface area (Å²) in [7, 11) is 3.06. The van der Waals surface area contributed by atoms with Gasteiger partial charge in [-0.3, -0.25) is 9.59 Å². The molecule has 3 aromatic heterocycles. The Morgan fingerprint density at radius 2 is 2.17 bits per heavy atom. The van der Waals surface area contributed by atoms with E-state index in [-0.39, 0.29) is 28.5 Å². The highest BCUT2D eigenvalue weighted by Gasteiger charge is 2.24. The first-order valence-electron chi connectivity index (χ1n) is 9.26. The summed E-state index contributed by atoms with van der Waals surface area (Å²) in [5, 5.41) is 13.7. The number of hydrogen-bond donors (Lipinski definition) is 0. The van der Waals surface area contributed by atoms with E-state index in [1.807, 2.05) is 6.07 Å². The van der Waals surface area contributed by atoms with Crippen molar-refractivity contribution in [2.45, 2.75) is 13.0 Å². The molecule has 1 unspecified atom stereocenters. The van der Waals surface area contributed by atoms with Gasteiger partial charge in [0, 0.05) is 38.9 Å². The molecule has 1 atom stereocenters. The van der Waals surface area contributed by atoms with Crippen LogP contribution in [0.4, 0.5) is 5.69 Å². The third kappa shape index (κ3) is 3.45. The molecule has 1 saturated heterocycles. The normalized spacial score (nSPS) is 16.2. The molecule has 0 radical (unpaired) electrons. The van der Waals surface area contributed by atoms with Gasteiger partial charge in [-0.05, 0) is 24.5 Å². The fourth-order valence-corrected chi connectivity index (χ4v) is 3.70. The maximum absolute atomic E-state index is 12.9. The van der Waals surface area contributed by atoms with Gasteiger partial charge in [0.25, 0.3) is 11.1 Å². The van der Waals surface area contributed by atoms with E-state index in [2.05, 4.69) is 15.0 Å². The molecule has 9 heteroatoms. The van der Waals surface area contributed by atoms with Crippen molar-refractivity contribution in [2.75, 3.05) is 25.1 Å². The van der Waals surface area contributed by atoms with Gasteiger partial charge >= 0.3 is 0 Å². The van der Waals surface area contributed by atoms with Gasteiger partial charge in [0.05, 0.1) is 29.9 Å². The number of aryl methyl sites for hydroxylation is 1. The molecule has 0 N–H and O–H groups in total. The zero-order valence-corrected chi connectivity index (χ0v) is 16.2. The van der Waals surface area contributed by atoms with Gasteiger partial charge in [-0.15, -0.1) is 0 Å². The van der Waals surface area contributed by atoms with Crippen LogP contribution in [0.1, 0.15) is 12.0 Å². The lowest BCUT2D eigenvalue weighted by atomic mass is 10.1. The van der Waals surface area contributed by atoms with Gasteiger partial charge in [-0.25, -0.2) is 9.67 Å². The van der Waals surface area contributed by atoms with Crippen molar-refractivity contribution in [2.24, 2.45) is 13.0 Å². The molecular formula is C20H20N6O3. The molecule has 0 saturated carbocycles. The Labute approximate surface area is 166 Å². The molecule has 1 aliphatic rings. The van der Waals surface area contributed by atoms with Crippen LogP contribution in [0.5, 0.6) is 5.88 Å². The highest BCUT2D eigenvalue weighted by atomic mass is 16.5. The summed E-state index contributed by atoms with van der Waals surface area (Å²) >= 11 is 0. The minimum absolute atomic E-state index is 0.145. The molecule has 148 valence electrons. The standard InChI is InChI=1S/C20H20N6O3/c1-24-18(27)8-15(10-22-24)25-5-3-13(11-25)12-26-6-4-17-16(20(26)28)7-14(9-21)19(23-17)29-2/h4,6-8,10,13H,3,5,11-12H2,1-2H3. The van der Waals surface area contributed by atoms with Gasteiger partial charge in [0.2, 0.25) is 5.88 Å². The number of nitriles is 1. The fraction of sp³-hybridized carbons (Fsp3) is 0.350. The number of pyridine rings is 2. The number of aromatic nitrogens is 4. The van der Waals surface area contributed by atoms with Gasteiger partial charge < -0.3 is 14.2 Å². The van der Waals surface area contributed by atoms with E-state index in [4.69, 9.17) is 4.74 Å². The third-order valence-corrected chi connectivity index (χ3v) is 5.29. The lowest BCUT2D eigenvalue weighted by molar-refractivity contribution is 0.398. The van der Waals surface area contributed by atoms with E-state index in [9.17, 15) is 14.9 Å². The highest BCUT2D eigenvalue weighted by molar-refractivity contribution is 5.79. The second kappa shape index (κ2) is 7.39. The molecule has 0 aliphatic carbocycles. The number of ether oxygens (including phenoxy) is 1. The van der Waals surface area contributed by atoms with Crippen LogP contribution in [-0.4, -0.2) is 39.5 Å². The van der Waals surface area contributed by atoms with Crippen LogP contribution in [0.3, 0.4) is 0 Å². The average Bonchev–Trinajstić information content (AvgIpc) is 3.20. The topological polar surface area (TPSA) is 106 Å². The summed E-state index contributed by atoms with van der Waals surface area (Å²) in [4.78, 5) is 31.1. The Bertz CT molecular complexity index is 1240. The summed E-state index contributed by atoms with van der Waals surface area (Å²) in [6.07, 6.45) is 4.32. The minimum Gasteiger partial charge on any atom is -0.480 e. The van der Waals surface area contributed by atoms with Crippen LogP contribution in [0, 0.1) is 17.2 Å². The Balaban J connectivity index is 1.57. The molecule has 4 rings (SSSR count). The Morgan fingerprint density at radius 1 is 1.34 bits per heavy atom. The van der Waals surface area contributed by atoms with Gasteiger partial charge in [0.1, 0.15) is 11.6 Å². The van der Waals surface area contributed by atoms with E-state index in [0.29, 0.717) is 17.4 Å². The van der Waals surface area contributed by atoms with Crippen molar-refractivity contribution in [1.82, 2.24) is 19.3 Å². The largest absolute Gasteiger partial charge is 0.480 e. The van der Waals surface area contributed by atoms with Gasteiger partial charge in [-0.1, -0.05) is 0 Å². The summed E-state index contributed by atoms with van der Waals surface area (Å²) in [5.41, 5.74) is 1.22. The molecule has 0 spiro atoms. The Hall–Kier alpha value is -3.67. The van der Waals surface area contributed by atoms with Crippen LogP contribution in [0.15, 0.2) is 40.2 Å². The molecule has 29 heavy (non-hydrogen) atoms. The van der Waals surface area contributed by atoms with Gasteiger partial charge in [-0.2, -0.15) is 10.4 Å². The van der Waals surface area contributed by atoms with Crippen molar-refractivity contribution in [3.63, 3.8) is 0 Å². The van der Waals surface area contributed by atoms with Crippen LogP contribution < -0.4 is 20.8 Å². The molecule has 0 bridgehead atoms. The Kier molecular flexibility index (Phi) is 4.76. The second-order valence-corrected chi connectivity index (χ2v) is 7.14. The lowest BCUT2D eigenvalue weighted by Gasteiger charge is -2.18. The molecule has 1 aliphatic heterocycles. The summed E-state index contributed by atoms with van der Waals surface area (Å²) in [5.74, 6) is 0.474. The number of anilines is 1. The van der Waals surface area contributed by atoms with Crippen molar-refractivity contribution < 1.29 is 4.74 Å². The van der Waals surface area contributed by atoms with Crippen molar-refractivity contribution >= 4 is 16.6 Å². The van der Waals surface area contributed by atoms with Gasteiger partial charge in [0.15, 0.2) is 0 Å². The summed E-state index contributed by atoms with van der Waals surface area (Å²) < 4.78 is 8.07.